The van der Waals surface area contributed by atoms with E-state index >= 15 is 0 Å². The van der Waals surface area contributed by atoms with Gasteiger partial charge in [0, 0.05) is 39.8 Å². The first-order chi connectivity index (χ1) is 13.5. The van der Waals surface area contributed by atoms with Crippen molar-refractivity contribution >= 4 is 71.5 Å². The molecule has 0 aromatic carbocycles. The van der Waals surface area contributed by atoms with Gasteiger partial charge in [-0.2, -0.15) is 0 Å². The van der Waals surface area contributed by atoms with Gasteiger partial charge in [0.15, 0.2) is 6.23 Å². The number of fused-ring (bicyclic) bond motifs is 1. The smallest absolute Gasteiger partial charge is 0.160 e. The summed E-state index contributed by atoms with van der Waals surface area (Å²) in [5.41, 5.74) is 0. The fourth-order valence-corrected chi connectivity index (χ4v) is 6.26. The Morgan fingerprint density at radius 3 is 2.54 bits per heavy atom. The largest absolute Gasteiger partial charge is 0.394 e. The van der Waals surface area contributed by atoms with Crippen LogP contribution < -0.4 is 4.90 Å². The summed E-state index contributed by atoms with van der Waals surface area (Å²) in [6, 6.07) is 4.37. The van der Waals surface area contributed by atoms with Crippen LogP contribution >= 0.6 is 46.7 Å². The fraction of sp³-hybridized carbons (Fsp3) is 0.500. The van der Waals surface area contributed by atoms with E-state index in [0.717, 1.165) is 16.3 Å². The van der Waals surface area contributed by atoms with E-state index in [9.17, 15) is 5.11 Å². The molecule has 0 saturated carbocycles. The minimum absolute atomic E-state index is 0.0426. The Morgan fingerprint density at radius 1 is 1.18 bits per heavy atom. The zero-order valence-electron chi connectivity index (χ0n) is 15.8. The second kappa shape index (κ2) is 10.4. The van der Waals surface area contributed by atoms with Crippen LogP contribution in [0.5, 0.6) is 0 Å². The van der Waals surface area contributed by atoms with E-state index in [2.05, 4.69) is 24.1 Å². The summed E-state index contributed by atoms with van der Waals surface area (Å²) in [6.07, 6.45) is 1.38. The molecule has 1 saturated heterocycles. The van der Waals surface area contributed by atoms with Gasteiger partial charge in [0.25, 0.3) is 0 Å². The van der Waals surface area contributed by atoms with Crippen LogP contribution in [0.4, 0.5) is 5.00 Å². The van der Waals surface area contributed by atoms with Crippen molar-refractivity contribution in [2.24, 2.45) is 0 Å². The first-order valence-electron chi connectivity index (χ1n) is 8.84. The number of hydrogen-bond donors (Lipinski definition) is 2. The van der Waals surface area contributed by atoms with Gasteiger partial charge in [-0.25, -0.2) is 0 Å². The molecule has 2 aromatic rings. The molecule has 10 heteroatoms. The second-order valence-corrected chi connectivity index (χ2v) is 10.1. The summed E-state index contributed by atoms with van der Waals surface area (Å²) < 4.78 is 13.9. The van der Waals surface area contributed by atoms with Crippen molar-refractivity contribution in [2.45, 2.75) is 6.23 Å². The molecule has 1 atom stereocenters. The molecule has 1 aliphatic rings. The number of aliphatic hydroxyl groups excluding tert-OH is 2. The van der Waals surface area contributed by atoms with Crippen molar-refractivity contribution in [1.29, 1.82) is 0 Å². The van der Waals surface area contributed by atoms with Crippen molar-refractivity contribution in [2.75, 3.05) is 58.6 Å². The number of thiocarbonyl (C=S) groups is 1. The lowest BCUT2D eigenvalue weighted by Gasteiger charge is -2.16. The van der Waals surface area contributed by atoms with E-state index in [-0.39, 0.29) is 6.61 Å². The molecule has 6 nitrogen and oxygen atoms in total. The number of nitrogens with zero attached hydrogens (tertiary/aromatic N) is 2. The molecule has 1 aliphatic heterocycles. The molecule has 28 heavy (non-hydrogen) atoms. The molecular formula is C18H24N2O4S4. The summed E-state index contributed by atoms with van der Waals surface area (Å²) in [5, 5.41) is 20.1. The lowest BCUT2D eigenvalue weighted by atomic mass is 10.3. The van der Waals surface area contributed by atoms with Crippen molar-refractivity contribution in [3.63, 3.8) is 0 Å². The van der Waals surface area contributed by atoms with Crippen LogP contribution in [0.2, 0.25) is 0 Å². The van der Waals surface area contributed by atoms with Crippen LogP contribution in [-0.2, 0) is 9.47 Å². The minimum atomic E-state index is -0.645. The zero-order chi connectivity index (χ0) is 20.1. The topological polar surface area (TPSA) is 65.4 Å². The number of rotatable bonds is 10. The van der Waals surface area contributed by atoms with E-state index in [1.54, 1.807) is 27.6 Å². The fourth-order valence-electron chi connectivity index (χ4n) is 2.56. The number of aliphatic hydroxyl groups is 2. The molecule has 3 rings (SSSR count). The van der Waals surface area contributed by atoms with Crippen LogP contribution in [0, 0.1) is 0 Å². The maximum Gasteiger partial charge on any atom is 0.160 e. The van der Waals surface area contributed by atoms with Crippen LogP contribution in [0.15, 0.2) is 17.0 Å². The lowest BCUT2D eigenvalue weighted by molar-refractivity contribution is 0.0353. The van der Waals surface area contributed by atoms with Crippen molar-refractivity contribution in [1.82, 2.24) is 4.90 Å². The first-order valence-corrected chi connectivity index (χ1v) is 11.7. The molecule has 1 fully saturated rings. The standard InChI is InChI=1S/C18H24N2O4S4/c1-19(3-5-23-7-8-24-6-4-21)16-11-14-13(27-16)9-12(26-14)10-15-17(22)20(2)18(25)28-15/h9-11,17,21-22H,3-8H2,1-2H3/b15-10-. The van der Waals surface area contributed by atoms with Gasteiger partial charge in [0.2, 0.25) is 0 Å². The van der Waals surface area contributed by atoms with E-state index in [1.807, 2.05) is 13.1 Å². The molecule has 2 aromatic heterocycles. The highest BCUT2D eigenvalue weighted by Crippen LogP contribution is 2.40. The van der Waals surface area contributed by atoms with Crippen molar-refractivity contribution in [3.8, 4) is 0 Å². The zero-order valence-corrected chi connectivity index (χ0v) is 19.1. The quantitative estimate of drug-likeness (QED) is 0.414. The molecule has 0 aliphatic carbocycles. The number of ether oxygens (including phenoxy) is 2. The SMILES string of the molecule is CN(CCOCCOCCO)c1cc2sc(/C=C3\SC(=S)N(C)C3O)cc2s1. The predicted octanol–water partition coefficient (Wildman–Crippen LogP) is 3.05. The first kappa shape index (κ1) is 22.0. The number of thiophene rings is 2. The highest BCUT2D eigenvalue weighted by Gasteiger charge is 2.29. The molecule has 0 spiro atoms. The molecular weight excluding hydrogens is 436 g/mol. The maximum absolute atomic E-state index is 10.2. The van der Waals surface area contributed by atoms with Crippen molar-refractivity contribution < 1.29 is 19.7 Å². The Hall–Kier alpha value is -0.720. The van der Waals surface area contributed by atoms with E-state index in [1.165, 1.54) is 26.2 Å². The van der Waals surface area contributed by atoms with Crippen LogP contribution in [-0.4, -0.2) is 79.3 Å². The summed E-state index contributed by atoms with van der Waals surface area (Å²) in [5.74, 6) is 0. The molecule has 0 amide bonds. The van der Waals surface area contributed by atoms with Crippen LogP contribution in [0.25, 0.3) is 15.5 Å². The molecule has 2 N–H and O–H groups in total. The monoisotopic (exact) mass is 460 g/mol. The molecule has 3 heterocycles. The van der Waals surface area contributed by atoms with Crippen LogP contribution in [0.3, 0.4) is 0 Å². The van der Waals surface area contributed by atoms with Gasteiger partial charge in [-0.1, -0.05) is 24.0 Å². The lowest BCUT2D eigenvalue weighted by Crippen LogP contribution is -2.27. The molecule has 154 valence electrons. The predicted molar refractivity (Wildman–Crippen MR) is 124 cm³/mol. The number of likely N-dealkylation sites (N-methyl/N-ethyl adjacent to an activating group) is 2. The Balaban J connectivity index is 1.53. The third kappa shape index (κ3) is 5.45. The third-order valence-electron chi connectivity index (χ3n) is 4.17. The van der Waals surface area contributed by atoms with Gasteiger partial charge in [0.05, 0.1) is 38.0 Å². The van der Waals surface area contributed by atoms with Crippen LogP contribution in [0.1, 0.15) is 4.88 Å². The Labute approximate surface area is 182 Å². The molecule has 1 unspecified atom stereocenters. The normalized spacial score (nSPS) is 18.7. The van der Waals surface area contributed by atoms with Crippen molar-refractivity contribution in [3.05, 3.63) is 21.9 Å². The van der Waals surface area contributed by atoms with Gasteiger partial charge >= 0.3 is 0 Å². The number of hydrogen-bond acceptors (Lipinski definition) is 9. The summed E-state index contributed by atoms with van der Waals surface area (Å²) in [4.78, 5) is 5.89. The van der Waals surface area contributed by atoms with E-state index in [0.29, 0.717) is 30.7 Å². The number of anilines is 1. The Kier molecular flexibility index (Phi) is 8.12. The van der Waals surface area contributed by atoms with Gasteiger partial charge in [-0.3, -0.25) is 0 Å². The second-order valence-electron chi connectivity index (χ2n) is 6.23. The third-order valence-corrected chi connectivity index (χ3v) is 8.09. The molecule has 0 radical (unpaired) electrons. The molecule has 0 bridgehead atoms. The minimum Gasteiger partial charge on any atom is -0.394 e. The highest BCUT2D eigenvalue weighted by molar-refractivity contribution is 8.25. The maximum atomic E-state index is 10.2. The van der Waals surface area contributed by atoms with Gasteiger partial charge in [-0.05, 0) is 18.2 Å². The average Bonchev–Trinajstić information content (AvgIpc) is 3.30. The van der Waals surface area contributed by atoms with E-state index < -0.39 is 6.23 Å². The number of thioether (sulfide) groups is 1. The summed E-state index contributed by atoms with van der Waals surface area (Å²) in [6.45, 7) is 2.87. The Morgan fingerprint density at radius 2 is 1.89 bits per heavy atom. The summed E-state index contributed by atoms with van der Waals surface area (Å²) >= 11 is 10.2. The highest BCUT2D eigenvalue weighted by atomic mass is 32.2. The van der Waals surface area contributed by atoms with Gasteiger partial charge in [0.1, 0.15) is 4.32 Å². The Bertz CT molecular complexity index is 803. The van der Waals surface area contributed by atoms with Gasteiger partial charge in [-0.15, -0.1) is 22.7 Å². The summed E-state index contributed by atoms with van der Waals surface area (Å²) in [7, 11) is 3.87. The van der Waals surface area contributed by atoms with E-state index in [4.69, 9.17) is 26.8 Å². The average molecular weight is 461 g/mol. The van der Waals surface area contributed by atoms with Gasteiger partial charge < -0.3 is 29.5 Å².